The summed E-state index contributed by atoms with van der Waals surface area (Å²) in [5.74, 6) is -0.757. The number of anilines is 1. The van der Waals surface area contributed by atoms with Crippen molar-refractivity contribution in [2.24, 2.45) is 0 Å². The molecule has 0 unspecified atom stereocenters. The van der Waals surface area contributed by atoms with E-state index in [2.05, 4.69) is 5.32 Å². The van der Waals surface area contributed by atoms with Gasteiger partial charge in [0.15, 0.2) is 0 Å². The second kappa shape index (κ2) is 7.11. The zero-order chi connectivity index (χ0) is 17.9. The van der Waals surface area contributed by atoms with Gasteiger partial charge in [0.1, 0.15) is 5.82 Å². The molecule has 0 aliphatic rings. The van der Waals surface area contributed by atoms with Crippen LogP contribution in [0.5, 0.6) is 0 Å². The SMILES string of the molecule is Cc1ccc(NC(=O)Cc2cccc(F)c2)cc1S(=O)(=O)N(C)C. The van der Waals surface area contributed by atoms with Crippen molar-refractivity contribution in [1.29, 1.82) is 0 Å². The van der Waals surface area contributed by atoms with E-state index in [1.165, 1.54) is 38.4 Å². The van der Waals surface area contributed by atoms with Crippen molar-refractivity contribution in [3.63, 3.8) is 0 Å². The fourth-order valence-electron chi connectivity index (χ4n) is 2.19. The summed E-state index contributed by atoms with van der Waals surface area (Å²) in [6.07, 6.45) is 0.00139. The Balaban J connectivity index is 2.20. The number of aryl methyl sites for hydroxylation is 1. The molecule has 0 bridgehead atoms. The molecule has 2 rings (SSSR count). The van der Waals surface area contributed by atoms with Gasteiger partial charge in [0.05, 0.1) is 11.3 Å². The van der Waals surface area contributed by atoms with E-state index in [-0.39, 0.29) is 17.2 Å². The lowest BCUT2D eigenvalue weighted by Crippen LogP contribution is -2.23. The molecule has 0 fully saturated rings. The molecule has 0 saturated heterocycles. The molecule has 2 aromatic carbocycles. The molecule has 1 N–H and O–H groups in total. The van der Waals surface area contributed by atoms with Crippen LogP contribution >= 0.6 is 0 Å². The van der Waals surface area contributed by atoms with Crippen molar-refractivity contribution >= 4 is 21.6 Å². The molecule has 2 aromatic rings. The van der Waals surface area contributed by atoms with Crippen LogP contribution in [0, 0.1) is 12.7 Å². The summed E-state index contributed by atoms with van der Waals surface area (Å²) in [4.78, 5) is 12.2. The standard InChI is InChI=1S/C17H19FN2O3S/c1-12-7-8-15(11-16(12)24(22,23)20(2)3)19-17(21)10-13-5-4-6-14(18)9-13/h4-9,11H,10H2,1-3H3,(H,19,21). The molecule has 0 atom stereocenters. The van der Waals surface area contributed by atoms with Crippen LogP contribution in [0.1, 0.15) is 11.1 Å². The second-order valence-corrected chi connectivity index (χ2v) is 7.74. The molecule has 0 spiro atoms. The predicted octanol–water partition coefficient (Wildman–Crippen LogP) is 2.57. The number of benzene rings is 2. The second-order valence-electron chi connectivity index (χ2n) is 5.62. The van der Waals surface area contributed by atoms with Gasteiger partial charge in [0.25, 0.3) is 0 Å². The van der Waals surface area contributed by atoms with Gasteiger partial charge >= 0.3 is 0 Å². The van der Waals surface area contributed by atoms with E-state index < -0.39 is 15.8 Å². The fraction of sp³-hybridized carbons (Fsp3) is 0.235. The van der Waals surface area contributed by atoms with E-state index in [1.54, 1.807) is 25.1 Å². The fourth-order valence-corrected chi connectivity index (χ4v) is 3.33. The molecule has 128 valence electrons. The maximum Gasteiger partial charge on any atom is 0.242 e. The number of carbonyl (C=O) groups excluding carboxylic acids is 1. The van der Waals surface area contributed by atoms with E-state index in [0.29, 0.717) is 16.8 Å². The third-order valence-corrected chi connectivity index (χ3v) is 5.44. The van der Waals surface area contributed by atoms with Gasteiger partial charge in [-0.1, -0.05) is 18.2 Å². The van der Waals surface area contributed by atoms with Gasteiger partial charge in [0.2, 0.25) is 15.9 Å². The van der Waals surface area contributed by atoms with Gasteiger partial charge in [0, 0.05) is 19.8 Å². The molecule has 0 aliphatic carbocycles. The van der Waals surface area contributed by atoms with Crippen LogP contribution in [0.2, 0.25) is 0 Å². The summed E-state index contributed by atoms with van der Waals surface area (Å²) in [6.45, 7) is 1.69. The molecule has 0 heterocycles. The highest BCUT2D eigenvalue weighted by atomic mass is 32.2. The first kappa shape index (κ1) is 18.1. The number of carbonyl (C=O) groups is 1. The van der Waals surface area contributed by atoms with Crippen LogP contribution < -0.4 is 5.32 Å². The number of amides is 1. The maximum absolute atomic E-state index is 13.1. The Morgan fingerprint density at radius 1 is 1.17 bits per heavy atom. The molecule has 24 heavy (non-hydrogen) atoms. The van der Waals surface area contributed by atoms with Crippen molar-refractivity contribution in [2.45, 2.75) is 18.2 Å². The highest BCUT2D eigenvalue weighted by molar-refractivity contribution is 7.89. The van der Waals surface area contributed by atoms with Gasteiger partial charge < -0.3 is 5.32 Å². The summed E-state index contributed by atoms with van der Waals surface area (Å²) < 4.78 is 38.8. The van der Waals surface area contributed by atoms with Crippen molar-refractivity contribution in [2.75, 3.05) is 19.4 Å². The first-order valence-electron chi connectivity index (χ1n) is 7.27. The number of rotatable bonds is 5. The average Bonchev–Trinajstić information content (AvgIpc) is 2.48. The highest BCUT2D eigenvalue weighted by Crippen LogP contribution is 2.22. The molecule has 0 saturated carbocycles. The molecule has 0 aromatic heterocycles. The average molecular weight is 350 g/mol. The number of hydrogen-bond acceptors (Lipinski definition) is 3. The third-order valence-electron chi connectivity index (χ3n) is 3.48. The van der Waals surface area contributed by atoms with Crippen LogP contribution in [0.25, 0.3) is 0 Å². The van der Waals surface area contributed by atoms with E-state index in [4.69, 9.17) is 0 Å². The smallest absolute Gasteiger partial charge is 0.242 e. The first-order chi connectivity index (χ1) is 11.2. The van der Waals surface area contributed by atoms with Crippen LogP contribution in [0.15, 0.2) is 47.4 Å². The first-order valence-corrected chi connectivity index (χ1v) is 8.71. The lowest BCUT2D eigenvalue weighted by atomic mass is 10.1. The molecule has 0 radical (unpaired) electrons. The van der Waals surface area contributed by atoms with Crippen molar-refractivity contribution in [3.05, 3.63) is 59.4 Å². The Hall–Kier alpha value is -2.25. The molecule has 0 aliphatic heterocycles. The number of nitrogens with one attached hydrogen (secondary N) is 1. The monoisotopic (exact) mass is 350 g/mol. The normalized spacial score (nSPS) is 11.5. The van der Waals surface area contributed by atoms with E-state index >= 15 is 0 Å². The Kier molecular flexibility index (Phi) is 5.36. The summed E-state index contributed by atoms with van der Waals surface area (Å²) in [5.41, 5.74) is 1.51. The third kappa shape index (κ3) is 4.18. The van der Waals surface area contributed by atoms with Gasteiger partial charge in [-0.25, -0.2) is 17.1 Å². The van der Waals surface area contributed by atoms with Gasteiger partial charge in [-0.3, -0.25) is 4.79 Å². The van der Waals surface area contributed by atoms with Crippen molar-refractivity contribution in [1.82, 2.24) is 4.31 Å². The quantitative estimate of drug-likeness (QED) is 0.901. The Morgan fingerprint density at radius 3 is 2.50 bits per heavy atom. The van der Waals surface area contributed by atoms with Gasteiger partial charge in [-0.15, -0.1) is 0 Å². The molecular weight excluding hydrogens is 331 g/mol. The number of halogens is 1. The van der Waals surface area contributed by atoms with Crippen molar-refractivity contribution < 1.29 is 17.6 Å². The van der Waals surface area contributed by atoms with Gasteiger partial charge in [-0.2, -0.15) is 0 Å². The molecular formula is C17H19FN2O3S. The summed E-state index contributed by atoms with van der Waals surface area (Å²) in [7, 11) is -0.701. The summed E-state index contributed by atoms with van der Waals surface area (Å²) >= 11 is 0. The van der Waals surface area contributed by atoms with Crippen molar-refractivity contribution in [3.8, 4) is 0 Å². The highest BCUT2D eigenvalue weighted by Gasteiger charge is 2.20. The van der Waals surface area contributed by atoms with E-state index in [9.17, 15) is 17.6 Å². The van der Waals surface area contributed by atoms with Crippen LogP contribution in [-0.2, 0) is 21.2 Å². The zero-order valence-electron chi connectivity index (χ0n) is 13.7. The minimum atomic E-state index is -3.60. The lowest BCUT2D eigenvalue weighted by Gasteiger charge is -2.15. The molecule has 1 amide bonds. The molecule has 7 heteroatoms. The minimum absolute atomic E-state index is 0.00139. The van der Waals surface area contributed by atoms with Crippen LogP contribution in [0.4, 0.5) is 10.1 Å². The predicted molar refractivity (Wildman–Crippen MR) is 90.8 cm³/mol. The largest absolute Gasteiger partial charge is 0.326 e. The number of sulfonamides is 1. The Labute approximate surface area is 141 Å². The maximum atomic E-state index is 13.1. The minimum Gasteiger partial charge on any atom is -0.326 e. The van der Waals surface area contributed by atoms with Crippen LogP contribution in [-0.4, -0.2) is 32.7 Å². The zero-order valence-corrected chi connectivity index (χ0v) is 14.5. The lowest BCUT2D eigenvalue weighted by molar-refractivity contribution is -0.115. The number of nitrogens with zero attached hydrogens (tertiary/aromatic N) is 1. The molecule has 5 nitrogen and oxygen atoms in total. The number of hydrogen-bond donors (Lipinski definition) is 1. The summed E-state index contributed by atoms with van der Waals surface area (Å²) in [5, 5.41) is 2.64. The summed E-state index contributed by atoms with van der Waals surface area (Å²) in [6, 6.07) is 10.5. The Morgan fingerprint density at radius 2 is 1.88 bits per heavy atom. The van der Waals surface area contributed by atoms with Crippen LogP contribution in [0.3, 0.4) is 0 Å². The topological polar surface area (TPSA) is 66.5 Å². The van der Waals surface area contributed by atoms with E-state index in [1.807, 2.05) is 0 Å². The van der Waals surface area contributed by atoms with Gasteiger partial charge in [-0.05, 0) is 42.3 Å². The Bertz CT molecular complexity index is 864. The van der Waals surface area contributed by atoms with E-state index in [0.717, 1.165) is 4.31 Å².